The number of rotatable bonds is 4. The van der Waals surface area contributed by atoms with Crippen LogP contribution in [0, 0.1) is 23.7 Å². The number of carbonyl (C=O) groups excluding carboxylic acids is 1. The topological polar surface area (TPSA) is 55.6 Å². The van der Waals surface area contributed by atoms with E-state index in [4.69, 9.17) is 10.5 Å². The summed E-state index contributed by atoms with van der Waals surface area (Å²) in [6.45, 7) is 1.75. The van der Waals surface area contributed by atoms with Crippen LogP contribution in [0.3, 0.4) is 0 Å². The number of benzene rings is 1. The van der Waals surface area contributed by atoms with Gasteiger partial charge in [0.2, 0.25) is 5.91 Å². The average Bonchev–Trinajstić information content (AvgIpc) is 3.01. The van der Waals surface area contributed by atoms with Crippen LogP contribution in [0.2, 0.25) is 0 Å². The number of carbonyl (C=O) groups is 1. The van der Waals surface area contributed by atoms with Gasteiger partial charge in [-0.1, -0.05) is 18.6 Å². The molecule has 5 rings (SSSR count). The monoisotopic (exact) mass is 390 g/mol. The van der Waals surface area contributed by atoms with Crippen LogP contribution >= 0.6 is 0 Å². The lowest BCUT2D eigenvalue weighted by molar-refractivity contribution is -0.175. The molecule has 1 saturated heterocycles. The van der Waals surface area contributed by atoms with Crippen molar-refractivity contribution in [2.24, 2.45) is 29.4 Å². The van der Waals surface area contributed by atoms with Crippen molar-refractivity contribution in [1.82, 2.24) is 4.90 Å². The number of methoxy groups -OCH3 is 1. The minimum Gasteiger partial charge on any atom is -0.373 e. The Kier molecular flexibility index (Phi) is 4.12. The van der Waals surface area contributed by atoms with E-state index in [2.05, 4.69) is 4.90 Å². The molecule has 2 N–H and O–H groups in total. The second-order valence-corrected chi connectivity index (χ2v) is 9.23. The zero-order valence-corrected chi connectivity index (χ0v) is 16.2. The van der Waals surface area contributed by atoms with Crippen molar-refractivity contribution in [2.45, 2.75) is 49.7 Å². The van der Waals surface area contributed by atoms with Gasteiger partial charge in [-0.2, -0.15) is 0 Å². The SMILES string of the molecule is COC1(c2cccc(C(N)=O)c2)C2CCCC1CN([C@@H]1CC3[C@@H](C1)C3(F)F)C2. The van der Waals surface area contributed by atoms with Crippen LogP contribution in [-0.4, -0.2) is 43.0 Å². The number of ether oxygens (including phenoxy) is 1. The molecule has 0 spiro atoms. The maximum absolute atomic E-state index is 13.6. The first-order chi connectivity index (χ1) is 13.4. The van der Waals surface area contributed by atoms with E-state index in [1.165, 1.54) is 0 Å². The number of likely N-dealkylation sites (tertiary alicyclic amines) is 1. The Balaban J connectivity index is 1.42. The van der Waals surface area contributed by atoms with E-state index in [9.17, 15) is 13.6 Å². The number of piperidine rings is 1. The molecule has 3 unspecified atom stereocenters. The second-order valence-electron chi connectivity index (χ2n) is 9.23. The highest BCUT2D eigenvalue weighted by atomic mass is 19.3. The van der Waals surface area contributed by atoms with Gasteiger partial charge < -0.3 is 10.5 Å². The van der Waals surface area contributed by atoms with Crippen molar-refractivity contribution in [2.75, 3.05) is 20.2 Å². The zero-order valence-electron chi connectivity index (χ0n) is 16.2. The minimum atomic E-state index is -2.41. The number of primary amides is 1. The van der Waals surface area contributed by atoms with Gasteiger partial charge in [0.1, 0.15) is 5.60 Å². The highest BCUT2D eigenvalue weighted by molar-refractivity contribution is 5.92. The number of nitrogens with zero attached hydrogens (tertiary/aromatic N) is 1. The Bertz CT molecular complexity index is 770. The third-order valence-corrected chi connectivity index (χ3v) is 8.10. The van der Waals surface area contributed by atoms with Gasteiger partial charge in [-0.15, -0.1) is 0 Å². The van der Waals surface area contributed by atoms with Crippen LogP contribution in [0.25, 0.3) is 0 Å². The number of hydrogen-bond acceptors (Lipinski definition) is 3. The molecule has 3 saturated carbocycles. The van der Waals surface area contributed by atoms with Gasteiger partial charge in [0.25, 0.3) is 5.92 Å². The number of nitrogens with two attached hydrogens (primary N) is 1. The van der Waals surface area contributed by atoms with Crippen molar-refractivity contribution < 1.29 is 18.3 Å². The predicted octanol–water partition coefficient (Wildman–Crippen LogP) is 3.40. The Morgan fingerprint density at radius 3 is 2.39 bits per heavy atom. The molecule has 5 atom stereocenters. The van der Waals surface area contributed by atoms with E-state index < -0.39 is 29.3 Å². The van der Waals surface area contributed by atoms with E-state index in [1.54, 1.807) is 13.2 Å². The van der Waals surface area contributed by atoms with Gasteiger partial charge in [-0.05, 0) is 43.4 Å². The molecule has 2 bridgehead atoms. The molecule has 1 aliphatic heterocycles. The van der Waals surface area contributed by atoms with Gasteiger partial charge in [-0.25, -0.2) is 8.78 Å². The summed E-state index contributed by atoms with van der Waals surface area (Å²) in [6, 6.07) is 7.83. The summed E-state index contributed by atoms with van der Waals surface area (Å²) in [5, 5.41) is 0. The molecule has 4 aliphatic rings. The summed E-state index contributed by atoms with van der Waals surface area (Å²) in [5.74, 6) is -3.02. The summed E-state index contributed by atoms with van der Waals surface area (Å²) < 4.78 is 33.5. The molecule has 1 aromatic carbocycles. The zero-order chi connectivity index (χ0) is 19.7. The Morgan fingerprint density at radius 2 is 1.82 bits per heavy atom. The van der Waals surface area contributed by atoms with Gasteiger partial charge >= 0.3 is 0 Å². The van der Waals surface area contributed by atoms with Crippen LogP contribution in [0.5, 0.6) is 0 Å². The fourth-order valence-corrected chi connectivity index (χ4v) is 6.69. The molecular weight excluding hydrogens is 362 g/mol. The van der Waals surface area contributed by atoms with Crippen LogP contribution in [-0.2, 0) is 10.3 Å². The molecule has 152 valence electrons. The number of halogens is 2. The Hall–Kier alpha value is -1.53. The predicted molar refractivity (Wildman–Crippen MR) is 101 cm³/mol. The van der Waals surface area contributed by atoms with Crippen LogP contribution in [0.1, 0.15) is 48.0 Å². The maximum atomic E-state index is 13.6. The van der Waals surface area contributed by atoms with E-state index >= 15 is 0 Å². The van der Waals surface area contributed by atoms with Gasteiger partial charge in [-0.3, -0.25) is 9.69 Å². The summed E-state index contributed by atoms with van der Waals surface area (Å²) >= 11 is 0. The van der Waals surface area contributed by atoms with E-state index in [0.29, 0.717) is 30.2 Å². The molecule has 1 aromatic rings. The standard InChI is InChI=1S/C22H28F2N2O2/c1-28-21(14-5-2-4-13(8-14)20(25)27)15-6-3-7-16(21)12-26(11-15)17-9-18-19(10-17)22(18,23)24/h2,4-5,8,15-19H,3,6-7,9-12H2,1H3,(H2,25,27)/t15?,16?,17-,18+,19?,21?/m0/s1. The van der Waals surface area contributed by atoms with Crippen molar-refractivity contribution in [3.05, 3.63) is 35.4 Å². The lowest BCUT2D eigenvalue weighted by atomic mass is 9.62. The number of alkyl halides is 2. The minimum absolute atomic E-state index is 0.282. The first kappa shape index (κ1) is 18.5. The van der Waals surface area contributed by atoms with Gasteiger partial charge in [0, 0.05) is 55.5 Å². The first-order valence-corrected chi connectivity index (χ1v) is 10.4. The molecule has 1 amide bonds. The molecule has 4 fully saturated rings. The number of amides is 1. The molecule has 4 nitrogen and oxygen atoms in total. The Morgan fingerprint density at radius 1 is 1.18 bits per heavy atom. The van der Waals surface area contributed by atoms with Crippen molar-refractivity contribution in [1.29, 1.82) is 0 Å². The highest BCUT2D eigenvalue weighted by Gasteiger charge is 2.72. The Labute approximate surface area is 164 Å². The molecule has 1 heterocycles. The molecule has 0 radical (unpaired) electrons. The molecule has 3 aliphatic carbocycles. The summed E-state index contributed by atoms with van der Waals surface area (Å²) in [6.07, 6.45) is 4.54. The van der Waals surface area contributed by atoms with Crippen LogP contribution in [0.4, 0.5) is 8.78 Å². The lowest BCUT2D eigenvalue weighted by Gasteiger charge is -2.56. The highest BCUT2D eigenvalue weighted by Crippen LogP contribution is 2.65. The largest absolute Gasteiger partial charge is 0.373 e. The average molecular weight is 390 g/mol. The molecule has 0 aromatic heterocycles. The fraction of sp³-hybridized carbons (Fsp3) is 0.682. The van der Waals surface area contributed by atoms with Crippen molar-refractivity contribution in [3.63, 3.8) is 0 Å². The van der Waals surface area contributed by atoms with Gasteiger partial charge in [0.05, 0.1) is 0 Å². The van der Waals surface area contributed by atoms with Gasteiger partial charge in [0.15, 0.2) is 0 Å². The van der Waals surface area contributed by atoms with E-state index in [-0.39, 0.29) is 6.04 Å². The normalized spacial score (nSPS) is 41.5. The van der Waals surface area contributed by atoms with Crippen LogP contribution in [0.15, 0.2) is 24.3 Å². The lowest BCUT2D eigenvalue weighted by Crippen LogP contribution is -2.60. The molecule has 28 heavy (non-hydrogen) atoms. The summed E-state index contributed by atoms with van der Waals surface area (Å²) in [4.78, 5) is 14.2. The second kappa shape index (κ2) is 6.23. The third kappa shape index (κ3) is 2.50. The first-order valence-electron chi connectivity index (χ1n) is 10.4. The smallest absolute Gasteiger partial charge is 0.254 e. The van der Waals surface area contributed by atoms with Crippen molar-refractivity contribution in [3.8, 4) is 0 Å². The number of fused-ring (bicyclic) bond motifs is 3. The van der Waals surface area contributed by atoms with Crippen molar-refractivity contribution >= 4 is 5.91 Å². The maximum Gasteiger partial charge on any atom is 0.254 e. The summed E-state index contributed by atoms with van der Waals surface area (Å²) in [5.41, 5.74) is 6.62. The fourth-order valence-electron chi connectivity index (χ4n) is 6.69. The van der Waals surface area contributed by atoms with E-state index in [0.717, 1.165) is 37.9 Å². The molecular formula is C22H28F2N2O2. The number of hydrogen-bond donors (Lipinski definition) is 1. The summed E-state index contributed by atoms with van der Waals surface area (Å²) in [7, 11) is 1.77. The van der Waals surface area contributed by atoms with Crippen LogP contribution < -0.4 is 5.73 Å². The third-order valence-electron chi connectivity index (χ3n) is 8.10. The van der Waals surface area contributed by atoms with E-state index in [1.807, 2.05) is 18.2 Å². The quantitative estimate of drug-likeness (QED) is 0.857. The molecule has 6 heteroatoms.